The molecule has 5 nitrogen and oxygen atoms in total. The smallest absolute Gasteiger partial charge is 0.241 e. The van der Waals surface area contributed by atoms with E-state index >= 15 is 0 Å². The third-order valence-electron chi connectivity index (χ3n) is 5.43. The summed E-state index contributed by atoms with van der Waals surface area (Å²) in [4.78, 5) is 14.6. The summed E-state index contributed by atoms with van der Waals surface area (Å²) >= 11 is 0. The third kappa shape index (κ3) is 4.37. The van der Waals surface area contributed by atoms with Gasteiger partial charge in [-0.15, -0.1) is 0 Å². The molecule has 3 N–H and O–H groups in total. The zero-order chi connectivity index (χ0) is 17.8. The molecule has 3 atom stereocenters. The summed E-state index contributed by atoms with van der Waals surface area (Å²) in [7, 11) is 0. The van der Waals surface area contributed by atoms with Gasteiger partial charge in [0.25, 0.3) is 0 Å². The minimum Gasteiger partial charge on any atom is -0.388 e. The number of benzene rings is 1. The monoisotopic (exact) mass is 349 g/mol. The number of piperidine rings is 1. The molecular formula is C19H28FN3O2. The Labute approximate surface area is 148 Å². The van der Waals surface area contributed by atoms with Crippen LogP contribution < -0.4 is 10.9 Å². The Morgan fingerprint density at radius 3 is 2.60 bits per heavy atom. The highest BCUT2D eigenvalue weighted by atomic mass is 19.1. The lowest BCUT2D eigenvalue weighted by molar-refractivity contribution is -0.135. The van der Waals surface area contributed by atoms with E-state index < -0.39 is 6.10 Å². The number of hydrazine groups is 1. The Bertz CT molecular complexity index is 573. The summed E-state index contributed by atoms with van der Waals surface area (Å²) in [6, 6.07) is 6.26. The number of carbonyl (C=O) groups is 1. The summed E-state index contributed by atoms with van der Waals surface area (Å²) in [6.45, 7) is 3.48. The summed E-state index contributed by atoms with van der Waals surface area (Å²) in [6.07, 6.45) is 3.95. The zero-order valence-corrected chi connectivity index (χ0v) is 14.7. The van der Waals surface area contributed by atoms with E-state index in [-0.39, 0.29) is 23.7 Å². The van der Waals surface area contributed by atoms with Gasteiger partial charge in [0.15, 0.2) is 0 Å². The predicted molar refractivity (Wildman–Crippen MR) is 94.0 cm³/mol. The molecule has 0 bridgehead atoms. The first-order valence-electron chi connectivity index (χ1n) is 9.32. The van der Waals surface area contributed by atoms with Crippen molar-refractivity contribution in [2.24, 2.45) is 5.92 Å². The van der Waals surface area contributed by atoms with Crippen molar-refractivity contribution >= 4 is 5.91 Å². The second kappa shape index (κ2) is 8.25. The van der Waals surface area contributed by atoms with Crippen LogP contribution in [0.1, 0.15) is 50.7 Å². The predicted octanol–water partition coefficient (Wildman–Crippen LogP) is 2.13. The first kappa shape index (κ1) is 18.3. The number of halogens is 1. The van der Waals surface area contributed by atoms with E-state index in [2.05, 4.69) is 17.8 Å². The average Bonchev–Trinajstić information content (AvgIpc) is 3.10. The minimum absolute atomic E-state index is 0.108. The van der Waals surface area contributed by atoms with Crippen molar-refractivity contribution in [3.8, 4) is 0 Å². The van der Waals surface area contributed by atoms with Gasteiger partial charge in [-0.2, -0.15) is 0 Å². The van der Waals surface area contributed by atoms with E-state index in [4.69, 9.17) is 0 Å². The van der Waals surface area contributed by atoms with Crippen molar-refractivity contribution in [3.05, 3.63) is 35.6 Å². The maximum atomic E-state index is 13.0. The number of nitrogens with zero attached hydrogens (tertiary/aromatic N) is 1. The Morgan fingerprint density at radius 1 is 1.28 bits per heavy atom. The van der Waals surface area contributed by atoms with Crippen molar-refractivity contribution in [1.29, 1.82) is 0 Å². The van der Waals surface area contributed by atoms with Gasteiger partial charge in [0.05, 0.1) is 6.10 Å². The van der Waals surface area contributed by atoms with Crippen LogP contribution in [0.15, 0.2) is 24.3 Å². The molecule has 138 valence electrons. The normalized spacial score (nSPS) is 26.0. The molecule has 1 aromatic carbocycles. The van der Waals surface area contributed by atoms with Gasteiger partial charge in [0.1, 0.15) is 11.9 Å². The molecular weight excluding hydrogens is 321 g/mol. The molecule has 2 aliphatic rings. The van der Waals surface area contributed by atoms with Crippen LogP contribution in [0.2, 0.25) is 0 Å². The fourth-order valence-electron chi connectivity index (χ4n) is 3.91. The molecule has 3 unspecified atom stereocenters. The molecule has 0 saturated carbocycles. The highest BCUT2D eigenvalue weighted by molar-refractivity contribution is 5.82. The first-order valence-corrected chi connectivity index (χ1v) is 9.32. The standard InChI is InChI=1S/C19H28FN3O2/c1-2-3-16-12-17(22-21-16)19(25)23-10-8-14(9-11-23)18(24)13-4-6-15(20)7-5-13/h4-7,14,16-18,21-22,24H,2-3,8-12H2,1H3. The van der Waals surface area contributed by atoms with E-state index in [1.807, 2.05) is 4.90 Å². The van der Waals surface area contributed by atoms with E-state index in [1.54, 1.807) is 12.1 Å². The van der Waals surface area contributed by atoms with Gasteiger partial charge < -0.3 is 10.0 Å². The zero-order valence-electron chi connectivity index (χ0n) is 14.7. The van der Waals surface area contributed by atoms with Gasteiger partial charge in [-0.1, -0.05) is 25.5 Å². The van der Waals surface area contributed by atoms with Gasteiger partial charge in [0.2, 0.25) is 5.91 Å². The van der Waals surface area contributed by atoms with Gasteiger partial charge in [-0.3, -0.25) is 10.2 Å². The second-order valence-electron chi connectivity index (χ2n) is 7.22. The van der Waals surface area contributed by atoms with Crippen LogP contribution in [0.5, 0.6) is 0 Å². The molecule has 2 aliphatic heterocycles. The minimum atomic E-state index is -0.599. The topological polar surface area (TPSA) is 64.6 Å². The molecule has 1 amide bonds. The molecule has 0 spiro atoms. The lowest BCUT2D eigenvalue weighted by atomic mass is 9.87. The molecule has 3 rings (SSSR count). The number of hydrogen-bond acceptors (Lipinski definition) is 4. The van der Waals surface area contributed by atoms with Crippen molar-refractivity contribution < 1.29 is 14.3 Å². The van der Waals surface area contributed by atoms with Crippen molar-refractivity contribution in [2.75, 3.05) is 13.1 Å². The lowest BCUT2D eigenvalue weighted by Crippen LogP contribution is -2.48. The van der Waals surface area contributed by atoms with Crippen LogP contribution in [0.4, 0.5) is 4.39 Å². The SMILES string of the molecule is CCCC1CC(C(=O)N2CCC(C(O)c3ccc(F)cc3)CC2)NN1. The molecule has 0 aromatic heterocycles. The van der Waals surface area contributed by atoms with Gasteiger partial charge in [-0.25, -0.2) is 9.82 Å². The van der Waals surface area contributed by atoms with Gasteiger partial charge >= 0.3 is 0 Å². The molecule has 2 saturated heterocycles. The molecule has 1 aromatic rings. The Kier molecular flexibility index (Phi) is 6.04. The summed E-state index contributed by atoms with van der Waals surface area (Å²) in [5, 5.41) is 10.5. The number of amides is 1. The number of likely N-dealkylation sites (tertiary alicyclic amines) is 1. The number of aliphatic hydroxyl groups excluding tert-OH is 1. The van der Waals surface area contributed by atoms with Crippen molar-refractivity contribution in [3.63, 3.8) is 0 Å². The maximum absolute atomic E-state index is 13.0. The van der Waals surface area contributed by atoms with Crippen LogP contribution in [-0.2, 0) is 4.79 Å². The number of nitrogens with one attached hydrogen (secondary N) is 2. The van der Waals surface area contributed by atoms with Crippen molar-refractivity contribution in [2.45, 2.75) is 57.2 Å². The molecule has 0 aliphatic carbocycles. The van der Waals surface area contributed by atoms with E-state index in [9.17, 15) is 14.3 Å². The largest absolute Gasteiger partial charge is 0.388 e. The average molecular weight is 349 g/mol. The van der Waals surface area contributed by atoms with Crippen LogP contribution in [0, 0.1) is 11.7 Å². The summed E-state index contributed by atoms with van der Waals surface area (Å²) in [5.41, 5.74) is 7.09. The third-order valence-corrected chi connectivity index (χ3v) is 5.43. The molecule has 2 fully saturated rings. The Balaban J connectivity index is 1.50. The Hall–Kier alpha value is -1.50. The number of rotatable bonds is 5. The van der Waals surface area contributed by atoms with Crippen LogP contribution in [0.25, 0.3) is 0 Å². The fraction of sp³-hybridized carbons (Fsp3) is 0.632. The molecule has 0 radical (unpaired) electrons. The molecule has 6 heteroatoms. The first-order chi connectivity index (χ1) is 12.1. The Morgan fingerprint density at radius 2 is 1.96 bits per heavy atom. The summed E-state index contributed by atoms with van der Waals surface area (Å²) in [5.74, 6) is -0.0340. The molecule has 2 heterocycles. The van der Waals surface area contributed by atoms with Crippen LogP contribution in [0.3, 0.4) is 0 Å². The number of carbonyl (C=O) groups excluding carboxylic acids is 1. The highest BCUT2D eigenvalue weighted by Crippen LogP contribution is 2.31. The van der Waals surface area contributed by atoms with E-state index in [1.165, 1.54) is 12.1 Å². The quantitative estimate of drug-likeness (QED) is 0.762. The summed E-state index contributed by atoms with van der Waals surface area (Å²) < 4.78 is 13.0. The van der Waals surface area contributed by atoms with Crippen molar-refractivity contribution in [1.82, 2.24) is 15.8 Å². The van der Waals surface area contributed by atoms with E-state index in [0.717, 1.165) is 37.7 Å². The van der Waals surface area contributed by atoms with Crippen LogP contribution in [-0.4, -0.2) is 41.1 Å². The van der Waals surface area contributed by atoms with Gasteiger partial charge in [0, 0.05) is 19.1 Å². The maximum Gasteiger partial charge on any atom is 0.241 e. The second-order valence-corrected chi connectivity index (χ2v) is 7.22. The molecule has 25 heavy (non-hydrogen) atoms. The van der Waals surface area contributed by atoms with Crippen LogP contribution >= 0.6 is 0 Å². The number of hydrogen-bond donors (Lipinski definition) is 3. The lowest BCUT2D eigenvalue weighted by Gasteiger charge is -2.35. The van der Waals surface area contributed by atoms with Gasteiger partial charge in [-0.05, 0) is 49.3 Å². The fourth-order valence-corrected chi connectivity index (χ4v) is 3.91. The number of aliphatic hydroxyl groups is 1. The highest BCUT2D eigenvalue weighted by Gasteiger charge is 2.34. The van der Waals surface area contributed by atoms with E-state index in [0.29, 0.717) is 19.1 Å².